The maximum atomic E-state index is 6.10. The third kappa shape index (κ3) is 2.84. The Bertz CT molecular complexity index is 490. The minimum absolute atomic E-state index is 0.0120. The minimum Gasteiger partial charge on any atom is -0.487 e. The van der Waals surface area contributed by atoms with Gasteiger partial charge in [0.15, 0.2) is 0 Å². The van der Waals surface area contributed by atoms with Crippen LogP contribution in [-0.2, 0) is 17.7 Å². The number of hydrogen-bond donors (Lipinski definition) is 1. The van der Waals surface area contributed by atoms with Crippen molar-refractivity contribution < 1.29 is 9.47 Å². The summed E-state index contributed by atoms with van der Waals surface area (Å²) in [6.45, 7) is 9.14. The molecule has 3 heteroatoms. The number of ether oxygens (including phenoxy) is 2. The summed E-state index contributed by atoms with van der Waals surface area (Å²) in [5, 5.41) is 3.54. The molecule has 0 bridgehead atoms. The largest absolute Gasteiger partial charge is 0.487 e. The summed E-state index contributed by atoms with van der Waals surface area (Å²) in [6.07, 6.45) is 3.32. The van der Waals surface area contributed by atoms with E-state index >= 15 is 0 Å². The fourth-order valence-electron chi connectivity index (χ4n) is 3.26. The van der Waals surface area contributed by atoms with Crippen LogP contribution in [0.2, 0.25) is 0 Å². The molecule has 3 nitrogen and oxygen atoms in total. The van der Waals surface area contributed by atoms with Gasteiger partial charge in [-0.1, -0.05) is 18.2 Å². The monoisotopic (exact) mass is 275 g/mol. The summed E-state index contributed by atoms with van der Waals surface area (Å²) in [5.41, 5.74) is 2.53. The summed E-state index contributed by atoms with van der Waals surface area (Å²) >= 11 is 0. The van der Waals surface area contributed by atoms with Gasteiger partial charge in [-0.3, -0.25) is 0 Å². The third-order valence-corrected chi connectivity index (χ3v) is 4.29. The van der Waals surface area contributed by atoms with E-state index in [9.17, 15) is 0 Å². The number of hydrogen-bond acceptors (Lipinski definition) is 3. The van der Waals surface area contributed by atoms with Gasteiger partial charge >= 0.3 is 0 Å². The second-order valence-electron chi connectivity index (χ2n) is 6.95. The van der Waals surface area contributed by atoms with Crippen LogP contribution in [0.1, 0.15) is 44.7 Å². The molecule has 1 saturated heterocycles. The second kappa shape index (κ2) is 5.05. The van der Waals surface area contributed by atoms with E-state index in [0.717, 1.165) is 38.3 Å². The van der Waals surface area contributed by atoms with Crippen molar-refractivity contribution in [3.05, 3.63) is 29.3 Å². The Morgan fingerprint density at radius 2 is 2.10 bits per heavy atom. The molecule has 3 rings (SSSR count). The van der Waals surface area contributed by atoms with Crippen LogP contribution in [0.4, 0.5) is 0 Å². The van der Waals surface area contributed by atoms with E-state index in [-0.39, 0.29) is 11.2 Å². The van der Waals surface area contributed by atoms with Gasteiger partial charge in [0.1, 0.15) is 11.4 Å². The van der Waals surface area contributed by atoms with Gasteiger partial charge < -0.3 is 14.8 Å². The number of para-hydroxylation sites is 1. The Morgan fingerprint density at radius 3 is 2.85 bits per heavy atom. The van der Waals surface area contributed by atoms with Crippen molar-refractivity contribution in [2.45, 2.75) is 57.8 Å². The molecule has 0 radical (unpaired) electrons. The first-order valence-electron chi connectivity index (χ1n) is 7.62. The predicted molar refractivity (Wildman–Crippen MR) is 80.2 cm³/mol. The zero-order valence-corrected chi connectivity index (χ0v) is 12.8. The summed E-state index contributed by atoms with van der Waals surface area (Å²) in [5.74, 6) is 1.09. The SMILES string of the molecule is CC1(C)Cc2cccc(CNCC3(C)CCCO3)c2O1. The quantitative estimate of drug-likeness (QED) is 0.916. The Labute approximate surface area is 121 Å². The zero-order valence-electron chi connectivity index (χ0n) is 12.8. The molecule has 1 fully saturated rings. The molecular weight excluding hydrogens is 250 g/mol. The lowest BCUT2D eigenvalue weighted by Gasteiger charge is -2.24. The third-order valence-electron chi connectivity index (χ3n) is 4.29. The van der Waals surface area contributed by atoms with E-state index in [1.54, 1.807) is 0 Å². The second-order valence-corrected chi connectivity index (χ2v) is 6.95. The van der Waals surface area contributed by atoms with Gasteiger partial charge in [0.05, 0.1) is 5.60 Å². The number of fused-ring (bicyclic) bond motifs is 1. The van der Waals surface area contributed by atoms with Crippen LogP contribution in [-0.4, -0.2) is 24.4 Å². The van der Waals surface area contributed by atoms with Gasteiger partial charge in [0.2, 0.25) is 0 Å². The maximum Gasteiger partial charge on any atom is 0.127 e. The summed E-state index contributed by atoms with van der Waals surface area (Å²) in [7, 11) is 0. The molecule has 1 N–H and O–H groups in total. The van der Waals surface area contributed by atoms with E-state index in [4.69, 9.17) is 9.47 Å². The van der Waals surface area contributed by atoms with Crippen molar-refractivity contribution in [3.8, 4) is 5.75 Å². The molecule has 0 aromatic heterocycles. The number of nitrogens with one attached hydrogen (secondary N) is 1. The van der Waals surface area contributed by atoms with Crippen molar-refractivity contribution in [1.29, 1.82) is 0 Å². The molecular formula is C17H25NO2. The molecule has 0 spiro atoms. The lowest BCUT2D eigenvalue weighted by Crippen LogP contribution is -2.36. The van der Waals surface area contributed by atoms with Crippen LogP contribution in [0, 0.1) is 0 Å². The summed E-state index contributed by atoms with van der Waals surface area (Å²) in [4.78, 5) is 0. The van der Waals surface area contributed by atoms with Gasteiger partial charge in [-0.15, -0.1) is 0 Å². The van der Waals surface area contributed by atoms with Gasteiger partial charge in [-0.05, 0) is 39.2 Å². The number of benzene rings is 1. The van der Waals surface area contributed by atoms with Gasteiger partial charge in [-0.2, -0.15) is 0 Å². The fraction of sp³-hybridized carbons (Fsp3) is 0.647. The van der Waals surface area contributed by atoms with Crippen LogP contribution in [0.3, 0.4) is 0 Å². The van der Waals surface area contributed by atoms with E-state index in [1.165, 1.54) is 17.5 Å². The first-order chi connectivity index (χ1) is 9.48. The highest BCUT2D eigenvalue weighted by Crippen LogP contribution is 2.37. The summed E-state index contributed by atoms with van der Waals surface area (Å²) < 4.78 is 11.9. The zero-order chi connectivity index (χ0) is 14.2. The standard InChI is InChI=1S/C17H25NO2/c1-16(2)10-13-6-4-7-14(15(13)20-16)11-18-12-17(3)8-5-9-19-17/h4,6-7,18H,5,8-12H2,1-3H3. The fourth-order valence-corrected chi connectivity index (χ4v) is 3.26. The van der Waals surface area contributed by atoms with E-state index in [1.807, 2.05) is 0 Å². The van der Waals surface area contributed by atoms with Crippen molar-refractivity contribution in [2.24, 2.45) is 0 Å². The van der Waals surface area contributed by atoms with Crippen molar-refractivity contribution in [3.63, 3.8) is 0 Å². The normalized spacial score (nSPS) is 27.4. The molecule has 0 amide bonds. The molecule has 0 saturated carbocycles. The lowest BCUT2D eigenvalue weighted by atomic mass is 10.00. The lowest BCUT2D eigenvalue weighted by molar-refractivity contribution is 0.0206. The van der Waals surface area contributed by atoms with Gasteiger partial charge in [0, 0.05) is 31.7 Å². The van der Waals surface area contributed by atoms with Gasteiger partial charge in [0.25, 0.3) is 0 Å². The van der Waals surface area contributed by atoms with E-state index in [0.29, 0.717) is 0 Å². The average molecular weight is 275 g/mol. The van der Waals surface area contributed by atoms with Crippen molar-refractivity contribution in [2.75, 3.05) is 13.2 Å². The number of rotatable bonds is 4. The van der Waals surface area contributed by atoms with Crippen LogP contribution in [0.15, 0.2) is 18.2 Å². The molecule has 1 unspecified atom stereocenters. The van der Waals surface area contributed by atoms with Crippen molar-refractivity contribution >= 4 is 0 Å². The first kappa shape index (κ1) is 13.9. The Morgan fingerprint density at radius 1 is 1.25 bits per heavy atom. The predicted octanol–water partition coefficient (Wildman–Crippen LogP) is 3.06. The molecule has 1 aromatic carbocycles. The van der Waals surface area contributed by atoms with Crippen LogP contribution in [0.5, 0.6) is 5.75 Å². The molecule has 1 atom stereocenters. The van der Waals surface area contributed by atoms with E-state index < -0.39 is 0 Å². The Hall–Kier alpha value is -1.06. The smallest absolute Gasteiger partial charge is 0.127 e. The maximum absolute atomic E-state index is 6.10. The molecule has 2 aliphatic heterocycles. The van der Waals surface area contributed by atoms with E-state index in [2.05, 4.69) is 44.3 Å². The van der Waals surface area contributed by atoms with Crippen LogP contribution >= 0.6 is 0 Å². The van der Waals surface area contributed by atoms with Crippen LogP contribution in [0.25, 0.3) is 0 Å². The van der Waals surface area contributed by atoms with Crippen molar-refractivity contribution in [1.82, 2.24) is 5.32 Å². The average Bonchev–Trinajstić information content (AvgIpc) is 2.92. The molecule has 2 aliphatic rings. The molecule has 20 heavy (non-hydrogen) atoms. The minimum atomic E-state index is -0.0705. The first-order valence-corrected chi connectivity index (χ1v) is 7.62. The molecule has 0 aliphatic carbocycles. The summed E-state index contributed by atoms with van der Waals surface area (Å²) in [6, 6.07) is 6.47. The van der Waals surface area contributed by atoms with Crippen LogP contribution < -0.4 is 10.1 Å². The Kier molecular flexibility index (Phi) is 3.51. The molecule has 1 aromatic rings. The Balaban J connectivity index is 1.63. The molecule has 2 heterocycles. The highest BCUT2D eigenvalue weighted by Gasteiger charge is 2.32. The molecule has 110 valence electrons. The highest BCUT2D eigenvalue weighted by molar-refractivity contribution is 5.45. The highest BCUT2D eigenvalue weighted by atomic mass is 16.5. The topological polar surface area (TPSA) is 30.5 Å². The van der Waals surface area contributed by atoms with Gasteiger partial charge in [-0.25, -0.2) is 0 Å².